The van der Waals surface area contributed by atoms with Crippen molar-refractivity contribution >= 4 is 17.8 Å². The maximum atomic E-state index is 13.1. The van der Waals surface area contributed by atoms with Crippen LogP contribution >= 0.6 is 11.6 Å². The number of nitrogens with zero attached hydrogens (tertiary/aromatic N) is 1. The lowest BCUT2D eigenvalue weighted by Crippen LogP contribution is -1.98. The summed E-state index contributed by atoms with van der Waals surface area (Å²) in [6.07, 6.45) is 1.80. The first-order valence-corrected chi connectivity index (χ1v) is 8.57. The van der Waals surface area contributed by atoms with Gasteiger partial charge in [0.25, 0.3) is 0 Å². The van der Waals surface area contributed by atoms with E-state index in [0.717, 1.165) is 13.2 Å². The highest BCUT2D eigenvalue weighted by Gasteiger charge is 2.05. The Hall–Kier alpha value is -2.31. The number of hydrogen-bond acceptors (Lipinski definition) is 5. The Kier molecular flexibility index (Phi) is 10.8. The minimum Gasteiger partial charge on any atom is -0.492 e. The van der Waals surface area contributed by atoms with Crippen LogP contribution in [0.25, 0.3) is 0 Å². The van der Waals surface area contributed by atoms with Crippen LogP contribution in [0.5, 0.6) is 17.2 Å². The van der Waals surface area contributed by atoms with Crippen molar-refractivity contribution in [1.29, 1.82) is 0 Å². The predicted molar refractivity (Wildman–Crippen MR) is 100 cm³/mol. The van der Waals surface area contributed by atoms with E-state index in [0.29, 0.717) is 35.3 Å². The number of ether oxygens (including phenoxy) is 3. The monoisotopic (exact) mass is 383 g/mol. The molecule has 0 bridgehead atoms. The molecule has 0 heterocycles. The second kappa shape index (κ2) is 13.0. The quantitative estimate of drug-likeness (QED) is 0.281. The SMILES string of the molecule is CCOCC.O/N=C\CCOc1ccc(Oc2cccc(F)c2)cc1Cl. The van der Waals surface area contributed by atoms with Crippen LogP contribution in [0.15, 0.2) is 47.6 Å². The minimum absolute atomic E-state index is 0.341. The highest BCUT2D eigenvalue weighted by molar-refractivity contribution is 6.32. The van der Waals surface area contributed by atoms with Gasteiger partial charge in [-0.15, -0.1) is 5.16 Å². The second-order valence-electron chi connectivity index (χ2n) is 4.87. The number of benzene rings is 2. The Balaban J connectivity index is 0.000000597. The van der Waals surface area contributed by atoms with Crippen molar-refractivity contribution in [3.05, 3.63) is 53.3 Å². The van der Waals surface area contributed by atoms with Crippen LogP contribution in [-0.2, 0) is 4.74 Å². The van der Waals surface area contributed by atoms with Crippen LogP contribution < -0.4 is 9.47 Å². The van der Waals surface area contributed by atoms with Crippen LogP contribution in [0.2, 0.25) is 5.02 Å². The van der Waals surface area contributed by atoms with Gasteiger partial charge in [-0.2, -0.15) is 0 Å². The summed E-state index contributed by atoms with van der Waals surface area (Å²) in [6, 6.07) is 10.8. The van der Waals surface area contributed by atoms with E-state index >= 15 is 0 Å². The van der Waals surface area contributed by atoms with Gasteiger partial charge in [-0.05, 0) is 38.1 Å². The third-order valence-electron chi connectivity index (χ3n) is 2.93. The van der Waals surface area contributed by atoms with E-state index in [4.69, 9.17) is 31.0 Å². The number of rotatable bonds is 8. The molecule has 7 heteroatoms. The first-order valence-electron chi connectivity index (χ1n) is 8.20. The molecular formula is C19H23ClFNO4. The highest BCUT2D eigenvalue weighted by atomic mass is 35.5. The first kappa shape index (κ1) is 21.7. The summed E-state index contributed by atoms with van der Waals surface area (Å²) in [6.45, 7) is 6.01. The molecule has 0 aliphatic rings. The van der Waals surface area contributed by atoms with Crippen LogP contribution in [0.4, 0.5) is 4.39 Å². The van der Waals surface area contributed by atoms with E-state index in [-0.39, 0.29) is 5.82 Å². The smallest absolute Gasteiger partial charge is 0.138 e. The summed E-state index contributed by atoms with van der Waals surface area (Å²) in [5, 5.41) is 11.5. The number of halogens is 2. The molecule has 2 aromatic carbocycles. The Morgan fingerprint density at radius 3 is 2.42 bits per heavy atom. The van der Waals surface area contributed by atoms with Crippen molar-refractivity contribution in [3.8, 4) is 17.2 Å². The van der Waals surface area contributed by atoms with Crippen molar-refractivity contribution in [2.75, 3.05) is 19.8 Å². The zero-order valence-corrected chi connectivity index (χ0v) is 15.6. The number of hydrogen-bond donors (Lipinski definition) is 1. The molecule has 0 unspecified atom stereocenters. The predicted octanol–water partition coefficient (Wildman–Crippen LogP) is 5.54. The lowest BCUT2D eigenvalue weighted by molar-refractivity contribution is 0.162. The highest BCUT2D eigenvalue weighted by Crippen LogP contribution is 2.31. The second-order valence-corrected chi connectivity index (χ2v) is 5.28. The summed E-state index contributed by atoms with van der Waals surface area (Å²) >= 11 is 6.08. The Labute approximate surface area is 158 Å². The first-order chi connectivity index (χ1) is 12.6. The molecule has 0 amide bonds. The molecule has 0 aliphatic carbocycles. The van der Waals surface area contributed by atoms with Gasteiger partial charge >= 0.3 is 0 Å². The van der Waals surface area contributed by atoms with Gasteiger partial charge in [0.1, 0.15) is 23.1 Å². The van der Waals surface area contributed by atoms with E-state index in [9.17, 15) is 4.39 Å². The molecule has 0 aliphatic heterocycles. The largest absolute Gasteiger partial charge is 0.492 e. The van der Waals surface area contributed by atoms with E-state index in [1.54, 1.807) is 30.3 Å². The van der Waals surface area contributed by atoms with E-state index in [1.165, 1.54) is 18.3 Å². The summed E-state index contributed by atoms with van der Waals surface area (Å²) in [5.74, 6) is 0.993. The molecule has 5 nitrogen and oxygen atoms in total. The zero-order valence-electron chi connectivity index (χ0n) is 14.8. The molecule has 0 atom stereocenters. The fourth-order valence-corrected chi connectivity index (χ4v) is 2.04. The van der Waals surface area contributed by atoms with Gasteiger partial charge in [0, 0.05) is 38.0 Å². The fraction of sp³-hybridized carbons (Fsp3) is 0.316. The molecule has 1 N–H and O–H groups in total. The van der Waals surface area contributed by atoms with Crippen molar-refractivity contribution in [1.82, 2.24) is 0 Å². The molecule has 0 saturated carbocycles. The van der Waals surface area contributed by atoms with Gasteiger partial charge in [0.05, 0.1) is 11.6 Å². The lowest BCUT2D eigenvalue weighted by Gasteiger charge is -2.10. The third-order valence-corrected chi connectivity index (χ3v) is 3.22. The van der Waals surface area contributed by atoms with Gasteiger partial charge in [-0.1, -0.05) is 17.7 Å². The maximum absolute atomic E-state index is 13.1. The maximum Gasteiger partial charge on any atom is 0.138 e. The van der Waals surface area contributed by atoms with E-state index < -0.39 is 0 Å². The standard InChI is InChI=1S/C15H13ClFNO3.C4H10O/c16-14-10-13(21-12-4-1-3-11(17)9-12)5-6-15(14)20-8-2-7-18-19;1-3-5-4-2/h1,3-7,9-10,19H,2,8H2;3-4H2,1-2H3/b18-7-;. The zero-order chi connectivity index (χ0) is 19.2. The van der Waals surface area contributed by atoms with Gasteiger partial charge in [-0.3, -0.25) is 0 Å². The normalized spacial score (nSPS) is 10.3. The molecule has 2 rings (SSSR count). The van der Waals surface area contributed by atoms with Crippen molar-refractivity contribution in [3.63, 3.8) is 0 Å². The van der Waals surface area contributed by atoms with Crippen molar-refractivity contribution in [2.24, 2.45) is 5.16 Å². The summed E-state index contributed by atoms with van der Waals surface area (Å²) in [5.41, 5.74) is 0. The van der Waals surface area contributed by atoms with E-state index in [2.05, 4.69) is 5.16 Å². The van der Waals surface area contributed by atoms with Crippen LogP contribution in [0.3, 0.4) is 0 Å². The topological polar surface area (TPSA) is 60.3 Å². The molecule has 26 heavy (non-hydrogen) atoms. The molecule has 2 aromatic rings. The molecule has 0 aromatic heterocycles. The van der Waals surface area contributed by atoms with Gasteiger partial charge < -0.3 is 19.4 Å². The Morgan fingerprint density at radius 2 is 1.85 bits per heavy atom. The lowest BCUT2D eigenvalue weighted by atomic mass is 10.3. The molecule has 0 radical (unpaired) electrons. The fourth-order valence-electron chi connectivity index (χ4n) is 1.81. The Bertz CT molecular complexity index is 680. The summed E-state index contributed by atoms with van der Waals surface area (Å²) < 4.78 is 28.8. The average molecular weight is 384 g/mol. The molecule has 0 fully saturated rings. The number of oxime groups is 1. The molecule has 0 saturated heterocycles. The summed E-state index contributed by atoms with van der Waals surface area (Å²) in [7, 11) is 0. The Morgan fingerprint density at radius 1 is 1.12 bits per heavy atom. The minimum atomic E-state index is -0.371. The van der Waals surface area contributed by atoms with Crippen LogP contribution in [0, 0.1) is 5.82 Å². The average Bonchev–Trinajstić information content (AvgIpc) is 2.61. The van der Waals surface area contributed by atoms with E-state index in [1.807, 2.05) is 13.8 Å². The van der Waals surface area contributed by atoms with Gasteiger partial charge in [0.15, 0.2) is 0 Å². The van der Waals surface area contributed by atoms with Crippen LogP contribution in [-0.4, -0.2) is 31.2 Å². The van der Waals surface area contributed by atoms with Crippen LogP contribution in [0.1, 0.15) is 20.3 Å². The van der Waals surface area contributed by atoms with Gasteiger partial charge in [-0.25, -0.2) is 4.39 Å². The van der Waals surface area contributed by atoms with Crippen molar-refractivity contribution in [2.45, 2.75) is 20.3 Å². The van der Waals surface area contributed by atoms with Gasteiger partial charge in [0.2, 0.25) is 0 Å². The summed E-state index contributed by atoms with van der Waals surface area (Å²) in [4.78, 5) is 0. The third kappa shape index (κ3) is 8.69. The molecule has 142 valence electrons. The molecular weight excluding hydrogens is 361 g/mol. The molecule has 0 spiro atoms. The van der Waals surface area contributed by atoms with Crippen molar-refractivity contribution < 1.29 is 23.8 Å².